The van der Waals surface area contributed by atoms with Crippen molar-refractivity contribution in [2.24, 2.45) is 0 Å². The lowest BCUT2D eigenvalue weighted by Crippen LogP contribution is -2.33. The lowest BCUT2D eigenvalue weighted by atomic mass is 9.60. The molecule has 9 rings (SSSR count). The summed E-state index contributed by atoms with van der Waals surface area (Å²) >= 11 is 3.52. The van der Waals surface area contributed by atoms with Gasteiger partial charge in [0.15, 0.2) is 0 Å². The molecule has 0 amide bonds. The molecule has 0 atom stereocenters. The van der Waals surface area contributed by atoms with E-state index in [-0.39, 0.29) is 11.5 Å². The predicted octanol–water partition coefficient (Wildman–Crippen LogP) is 11.0. The molecule has 214 valence electrons. The molecule has 2 aliphatic rings. The highest BCUT2D eigenvalue weighted by Gasteiger charge is 2.48. The van der Waals surface area contributed by atoms with Gasteiger partial charge in [0.05, 0.1) is 5.41 Å². The highest BCUT2D eigenvalue weighted by molar-refractivity contribution is 7.17. The Bertz CT molecular complexity index is 2250. The second kappa shape index (κ2) is 9.93. The molecule has 0 radical (unpaired) electrons. The quantitative estimate of drug-likeness (QED) is 0.207. The normalized spacial score (nSPS) is 14.4. The van der Waals surface area contributed by atoms with E-state index in [0.717, 1.165) is 33.4 Å². The van der Waals surface area contributed by atoms with E-state index in [4.69, 9.17) is 0 Å². The van der Waals surface area contributed by atoms with Gasteiger partial charge in [0.25, 0.3) is 0 Å². The summed E-state index contributed by atoms with van der Waals surface area (Å²) < 4.78 is 1.28. The standard InChI is InChI=1S/C41H26O2S2/c42-37-13-11-29(22-32(37)25-7-3-1-4-8-25)41(30-12-14-38(43)33(23-30)26-9-5-2-6-10-26)35-16-18-45-40(35)24-34-31-19-27-15-17-44-39(27)21-28(31)20-36(34)41/h1-24,42-43H. The van der Waals surface area contributed by atoms with Crippen molar-refractivity contribution in [3.05, 3.63) is 170 Å². The third kappa shape index (κ3) is 3.86. The van der Waals surface area contributed by atoms with Crippen LogP contribution in [0.3, 0.4) is 0 Å². The van der Waals surface area contributed by atoms with Gasteiger partial charge in [-0.05, 0) is 127 Å². The number of aromatic hydroxyl groups is 2. The molecule has 2 nitrogen and oxygen atoms in total. The van der Waals surface area contributed by atoms with Gasteiger partial charge in [-0.15, -0.1) is 22.7 Å². The molecule has 2 N–H and O–H groups in total. The van der Waals surface area contributed by atoms with Crippen molar-refractivity contribution in [1.29, 1.82) is 0 Å². The first-order chi connectivity index (χ1) is 22.1. The SMILES string of the molecule is Oc1ccc(C2(c3ccc(O)c(-c4ccccc4)c3)C3=Cc4cc5sccc5cc4C3=Cc3sccc32)cc1-c1ccccc1. The minimum Gasteiger partial charge on any atom is -0.507 e. The maximum atomic E-state index is 11.2. The maximum Gasteiger partial charge on any atom is 0.123 e. The van der Waals surface area contributed by atoms with Crippen molar-refractivity contribution in [2.75, 3.05) is 0 Å². The summed E-state index contributed by atoms with van der Waals surface area (Å²) in [6.07, 6.45) is 4.72. The first-order valence-corrected chi connectivity index (χ1v) is 16.7. The number of phenolic OH excluding ortho intramolecular Hbond substituents is 2. The van der Waals surface area contributed by atoms with Gasteiger partial charge in [-0.2, -0.15) is 0 Å². The summed E-state index contributed by atoms with van der Waals surface area (Å²) in [5.41, 5.74) is 11.0. The van der Waals surface area contributed by atoms with Gasteiger partial charge in [0.2, 0.25) is 0 Å². The third-order valence-electron chi connectivity index (χ3n) is 9.31. The zero-order valence-corrected chi connectivity index (χ0v) is 25.7. The van der Waals surface area contributed by atoms with E-state index in [0.29, 0.717) is 0 Å². The molecule has 0 saturated heterocycles. The highest BCUT2D eigenvalue weighted by Crippen LogP contribution is 2.60. The topological polar surface area (TPSA) is 40.5 Å². The van der Waals surface area contributed by atoms with Crippen molar-refractivity contribution in [3.8, 4) is 33.8 Å². The van der Waals surface area contributed by atoms with Crippen LogP contribution in [0, 0.1) is 0 Å². The maximum absolute atomic E-state index is 11.2. The fraction of sp³-hybridized carbons (Fsp3) is 0.0244. The molecule has 2 heterocycles. The van der Waals surface area contributed by atoms with Crippen LogP contribution in [0.1, 0.15) is 32.7 Å². The number of fused-ring (bicyclic) bond motifs is 5. The highest BCUT2D eigenvalue weighted by atomic mass is 32.1. The largest absolute Gasteiger partial charge is 0.507 e. The average molecular weight is 615 g/mol. The van der Waals surface area contributed by atoms with Crippen LogP contribution in [0.5, 0.6) is 11.5 Å². The van der Waals surface area contributed by atoms with Gasteiger partial charge in [0.1, 0.15) is 11.5 Å². The summed E-state index contributed by atoms with van der Waals surface area (Å²) in [5.74, 6) is 0.494. The Morgan fingerprint density at radius 2 is 1.16 bits per heavy atom. The average Bonchev–Trinajstić information content (AvgIpc) is 3.83. The van der Waals surface area contributed by atoms with Crippen molar-refractivity contribution < 1.29 is 10.2 Å². The Balaban J connectivity index is 1.39. The Hall–Kier alpha value is -5.16. The summed E-state index contributed by atoms with van der Waals surface area (Å²) in [7, 11) is 0. The fourth-order valence-electron chi connectivity index (χ4n) is 7.27. The van der Waals surface area contributed by atoms with Crippen LogP contribution < -0.4 is 0 Å². The van der Waals surface area contributed by atoms with Crippen LogP contribution in [0.25, 0.3) is 50.1 Å². The number of rotatable bonds is 4. The molecule has 7 aromatic rings. The lowest BCUT2D eigenvalue weighted by Gasteiger charge is -2.41. The molecule has 45 heavy (non-hydrogen) atoms. The summed E-state index contributed by atoms with van der Waals surface area (Å²) in [5, 5.41) is 28.0. The Labute approximate surface area is 269 Å². The first kappa shape index (κ1) is 26.3. The van der Waals surface area contributed by atoms with Gasteiger partial charge in [-0.1, -0.05) is 72.8 Å². The number of thiophene rings is 2. The van der Waals surface area contributed by atoms with Gasteiger partial charge in [0, 0.05) is 20.7 Å². The van der Waals surface area contributed by atoms with Gasteiger partial charge in [-0.3, -0.25) is 0 Å². The molecule has 0 aliphatic heterocycles. The van der Waals surface area contributed by atoms with Crippen molar-refractivity contribution in [1.82, 2.24) is 0 Å². The van der Waals surface area contributed by atoms with Crippen LogP contribution in [0.2, 0.25) is 0 Å². The zero-order chi connectivity index (χ0) is 30.1. The second-order valence-corrected chi connectivity index (χ2v) is 13.6. The van der Waals surface area contributed by atoms with Crippen LogP contribution in [0.4, 0.5) is 0 Å². The van der Waals surface area contributed by atoms with Crippen molar-refractivity contribution in [3.63, 3.8) is 0 Å². The van der Waals surface area contributed by atoms with Crippen LogP contribution in [-0.2, 0) is 5.41 Å². The Morgan fingerprint density at radius 1 is 0.533 bits per heavy atom. The lowest BCUT2D eigenvalue weighted by molar-refractivity contribution is 0.477. The first-order valence-electron chi connectivity index (χ1n) is 14.9. The van der Waals surface area contributed by atoms with Crippen LogP contribution in [0.15, 0.2) is 138 Å². The predicted molar refractivity (Wildman–Crippen MR) is 189 cm³/mol. The molecule has 0 bridgehead atoms. The third-order valence-corrected chi connectivity index (χ3v) is 11.1. The van der Waals surface area contributed by atoms with Gasteiger partial charge < -0.3 is 10.2 Å². The van der Waals surface area contributed by atoms with E-state index in [1.54, 1.807) is 22.7 Å². The smallest absolute Gasteiger partial charge is 0.123 e. The molecule has 0 fully saturated rings. The second-order valence-electron chi connectivity index (χ2n) is 11.7. The number of phenols is 2. The van der Waals surface area contributed by atoms with Crippen LogP contribution >= 0.6 is 22.7 Å². The van der Waals surface area contributed by atoms with Crippen molar-refractivity contribution >= 4 is 50.5 Å². The zero-order valence-electron chi connectivity index (χ0n) is 24.1. The molecule has 0 unspecified atom stereocenters. The number of allylic oxidation sites excluding steroid dienone is 2. The van der Waals surface area contributed by atoms with E-state index in [1.807, 2.05) is 72.8 Å². The van der Waals surface area contributed by atoms with E-state index >= 15 is 0 Å². The minimum atomic E-state index is -0.708. The molecular weight excluding hydrogens is 589 g/mol. The van der Waals surface area contributed by atoms with Crippen molar-refractivity contribution in [2.45, 2.75) is 5.41 Å². The molecule has 0 spiro atoms. The molecule has 2 aliphatic carbocycles. The molecule has 4 heteroatoms. The van der Waals surface area contributed by atoms with Gasteiger partial charge >= 0.3 is 0 Å². The van der Waals surface area contributed by atoms with E-state index in [1.165, 1.54) is 42.8 Å². The summed E-state index contributed by atoms with van der Waals surface area (Å²) in [4.78, 5) is 1.21. The molecule has 2 aromatic heterocycles. The molecule has 5 aromatic carbocycles. The van der Waals surface area contributed by atoms with E-state index in [9.17, 15) is 10.2 Å². The molecular formula is C41H26O2S2. The van der Waals surface area contributed by atoms with Gasteiger partial charge in [-0.25, -0.2) is 0 Å². The number of benzene rings is 5. The Kier molecular flexibility index (Phi) is 5.79. The number of hydrogen-bond acceptors (Lipinski definition) is 4. The summed E-state index contributed by atoms with van der Waals surface area (Å²) in [6, 6.07) is 41.4. The Morgan fingerprint density at radius 3 is 1.80 bits per heavy atom. The number of hydrogen-bond donors (Lipinski definition) is 2. The molecule has 0 saturated carbocycles. The monoisotopic (exact) mass is 614 g/mol. The van der Waals surface area contributed by atoms with E-state index < -0.39 is 5.41 Å². The fourth-order valence-corrected chi connectivity index (χ4v) is 8.97. The van der Waals surface area contributed by atoms with E-state index in [2.05, 4.69) is 71.4 Å². The summed E-state index contributed by atoms with van der Waals surface area (Å²) in [6.45, 7) is 0. The minimum absolute atomic E-state index is 0.247. The van der Waals surface area contributed by atoms with Crippen LogP contribution in [-0.4, -0.2) is 10.2 Å².